The van der Waals surface area contributed by atoms with E-state index in [1.807, 2.05) is 6.07 Å². The molecule has 0 saturated carbocycles. The normalized spacial score (nSPS) is 8.44. The minimum Gasteiger partial charge on any atom is -0.286 e. The van der Waals surface area contributed by atoms with Crippen LogP contribution in [0.2, 0.25) is 0 Å². The fourth-order valence-corrected chi connectivity index (χ4v) is 0.215. The largest absolute Gasteiger partial charge is 0.286 e. The molecule has 1 aromatic rings. The number of H-pyrrole nitrogens is 1. The molecule has 9 heavy (non-hydrogen) atoms. The maximum absolute atomic E-state index is 3.60. The van der Waals surface area contributed by atoms with Crippen LogP contribution in [0.1, 0.15) is 0 Å². The Hall–Kier alpha value is 0.650. The lowest BCUT2D eigenvalue weighted by Gasteiger charge is -1.70. The van der Waals surface area contributed by atoms with Gasteiger partial charge in [0.1, 0.15) is 2.65 Å². The summed E-state index contributed by atoms with van der Waals surface area (Å²) in [6, 6.07) is 1.83. The number of aromatic amines is 1. The number of nitrogens with zero attached hydrogens (tertiary/aromatic N) is 1. The lowest BCUT2D eigenvalue weighted by molar-refractivity contribution is 1.09. The van der Waals surface area contributed by atoms with Gasteiger partial charge in [-0.3, -0.25) is 5.10 Å². The lowest BCUT2D eigenvalue weighted by Crippen LogP contribution is -1.53. The van der Waals surface area contributed by atoms with Gasteiger partial charge in [0.15, 0.2) is 0 Å². The van der Waals surface area contributed by atoms with E-state index in [0.717, 1.165) is 0 Å². The van der Waals surface area contributed by atoms with Gasteiger partial charge in [-0.1, -0.05) is 47.8 Å². The van der Waals surface area contributed by atoms with Crippen molar-refractivity contribution < 1.29 is 0 Å². The number of hydrogen-bond donors (Lipinski definition) is 1. The zero-order valence-corrected chi connectivity index (χ0v) is 9.15. The molecule has 0 aliphatic heterocycles. The molecule has 0 amide bonds. The summed E-state index contributed by atoms with van der Waals surface area (Å²) in [6.07, 6.45) is 3.46. The van der Waals surface area contributed by atoms with Crippen LogP contribution in [0.5, 0.6) is 0 Å². The Kier molecular flexibility index (Phi) is 7.25. The van der Waals surface area contributed by atoms with Gasteiger partial charge in [0.05, 0.1) is 0 Å². The number of halogens is 3. The predicted octanol–water partition coefficient (Wildman–Crippen LogP) is 2.86. The SMILES string of the molecule is BrC(Br)Br.c1cn[nH]c1. The van der Waals surface area contributed by atoms with Gasteiger partial charge in [0.2, 0.25) is 0 Å². The number of alkyl halides is 3. The van der Waals surface area contributed by atoms with Crippen molar-refractivity contribution in [1.82, 2.24) is 10.2 Å². The minimum atomic E-state index is 0.271. The van der Waals surface area contributed by atoms with E-state index in [-0.39, 0.29) is 2.65 Å². The van der Waals surface area contributed by atoms with Crippen molar-refractivity contribution in [3.63, 3.8) is 0 Å². The number of rotatable bonds is 0. The smallest absolute Gasteiger partial charge is 0.124 e. The van der Waals surface area contributed by atoms with Crippen molar-refractivity contribution in [2.45, 2.75) is 2.65 Å². The highest BCUT2D eigenvalue weighted by Gasteiger charge is 1.77. The van der Waals surface area contributed by atoms with Crippen LogP contribution < -0.4 is 0 Å². The molecule has 1 rings (SSSR count). The number of aromatic nitrogens is 2. The van der Waals surface area contributed by atoms with E-state index in [4.69, 9.17) is 0 Å². The summed E-state index contributed by atoms with van der Waals surface area (Å²) < 4.78 is 0.271. The maximum Gasteiger partial charge on any atom is 0.124 e. The van der Waals surface area contributed by atoms with Gasteiger partial charge >= 0.3 is 0 Å². The average molecular weight is 321 g/mol. The van der Waals surface area contributed by atoms with Crippen molar-refractivity contribution in [3.8, 4) is 0 Å². The maximum atomic E-state index is 3.60. The van der Waals surface area contributed by atoms with E-state index in [1.165, 1.54) is 0 Å². The van der Waals surface area contributed by atoms with Crippen molar-refractivity contribution in [2.75, 3.05) is 0 Å². The van der Waals surface area contributed by atoms with Gasteiger partial charge in [0, 0.05) is 12.4 Å². The van der Waals surface area contributed by atoms with E-state index >= 15 is 0 Å². The highest BCUT2D eigenvalue weighted by molar-refractivity contribution is 9.38. The second-order valence-electron chi connectivity index (χ2n) is 1.01. The van der Waals surface area contributed by atoms with Crippen LogP contribution in [0, 0.1) is 0 Å². The summed E-state index contributed by atoms with van der Waals surface area (Å²) >= 11 is 9.31. The lowest BCUT2D eigenvalue weighted by atomic mass is 10.8. The van der Waals surface area contributed by atoms with E-state index in [0.29, 0.717) is 0 Å². The molecule has 1 N–H and O–H groups in total. The molecule has 0 radical (unpaired) electrons. The zero-order valence-electron chi connectivity index (χ0n) is 4.39. The molecule has 1 heterocycles. The number of hydrogen-bond acceptors (Lipinski definition) is 1. The van der Waals surface area contributed by atoms with Gasteiger partial charge in [-0.2, -0.15) is 5.10 Å². The van der Waals surface area contributed by atoms with Gasteiger partial charge in [-0.25, -0.2) is 0 Å². The monoisotopic (exact) mass is 318 g/mol. The third kappa shape index (κ3) is 12.0. The van der Waals surface area contributed by atoms with E-state index in [1.54, 1.807) is 12.4 Å². The van der Waals surface area contributed by atoms with Crippen molar-refractivity contribution in [3.05, 3.63) is 18.5 Å². The van der Waals surface area contributed by atoms with Crippen LogP contribution in [0.25, 0.3) is 0 Å². The molecular formula is C4H5Br3N2. The first kappa shape index (κ1) is 9.65. The zero-order chi connectivity index (χ0) is 7.11. The second-order valence-corrected chi connectivity index (χ2v) is 7.45. The Morgan fingerprint density at radius 3 is 2.00 bits per heavy atom. The van der Waals surface area contributed by atoms with Crippen molar-refractivity contribution in [2.24, 2.45) is 0 Å². The molecule has 0 aliphatic carbocycles. The first-order chi connectivity index (χ1) is 4.23. The average Bonchev–Trinajstić information content (AvgIpc) is 2.11. The Labute approximate surface area is 78.8 Å². The van der Waals surface area contributed by atoms with Crippen molar-refractivity contribution >= 4 is 47.8 Å². The Morgan fingerprint density at radius 2 is 1.89 bits per heavy atom. The highest BCUT2D eigenvalue weighted by Crippen LogP contribution is 2.13. The van der Waals surface area contributed by atoms with Crippen LogP contribution >= 0.6 is 47.8 Å². The Morgan fingerprint density at radius 1 is 1.33 bits per heavy atom. The molecule has 0 aromatic carbocycles. The third-order valence-electron chi connectivity index (χ3n) is 0.406. The molecule has 0 fully saturated rings. The van der Waals surface area contributed by atoms with E-state index < -0.39 is 0 Å². The van der Waals surface area contributed by atoms with Crippen LogP contribution in [0.4, 0.5) is 0 Å². The number of nitrogens with one attached hydrogen (secondary N) is 1. The molecule has 0 spiro atoms. The molecule has 1 aromatic heterocycles. The van der Waals surface area contributed by atoms with E-state index in [2.05, 4.69) is 58.0 Å². The first-order valence-electron chi connectivity index (χ1n) is 2.09. The molecule has 2 nitrogen and oxygen atoms in total. The van der Waals surface area contributed by atoms with E-state index in [9.17, 15) is 0 Å². The predicted molar refractivity (Wildman–Crippen MR) is 49.2 cm³/mol. The van der Waals surface area contributed by atoms with Gasteiger partial charge in [0.25, 0.3) is 0 Å². The second kappa shape index (κ2) is 6.77. The minimum absolute atomic E-state index is 0.271. The Bertz CT molecular complexity index is 97.4. The molecule has 0 atom stereocenters. The molecular weight excluding hydrogens is 316 g/mol. The van der Waals surface area contributed by atoms with Crippen LogP contribution in [-0.4, -0.2) is 12.8 Å². The highest BCUT2D eigenvalue weighted by atomic mass is 80.0. The summed E-state index contributed by atoms with van der Waals surface area (Å²) in [5, 5.41) is 6.21. The summed E-state index contributed by atoms with van der Waals surface area (Å²) in [4.78, 5) is 0. The topological polar surface area (TPSA) is 28.7 Å². The molecule has 0 unspecified atom stereocenters. The molecule has 0 aliphatic rings. The van der Waals surface area contributed by atoms with Crippen LogP contribution in [0.15, 0.2) is 18.5 Å². The van der Waals surface area contributed by atoms with Crippen molar-refractivity contribution in [1.29, 1.82) is 0 Å². The first-order valence-corrected chi connectivity index (χ1v) is 4.84. The van der Waals surface area contributed by atoms with Crippen LogP contribution in [-0.2, 0) is 0 Å². The van der Waals surface area contributed by atoms with Crippen LogP contribution in [0.3, 0.4) is 0 Å². The molecule has 52 valence electrons. The molecule has 5 heteroatoms. The summed E-state index contributed by atoms with van der Waals surface area (Å²) in [5.41, 5.74) is 0. The van der Waals surface area contributed by atoms with Gasteiger partial charge < -0.3 is 0 Å². The molecule has 0 saturated heterocycles. The third-order valence-corrected chi connectivity index (χ3v) is 0.406. The fourth-order valence-electron chi connectivity index (χ4n) is 0.215. The quantitative estimate of drug-likeness (QED) is 0.732. The fraction of sp³-hybridized carbons (Fsp3) is 0.250. The summed E-state index contributed by atoms with van der Waals surface area (Å²) in [6.45, 7) is 0. The summed E-state index contributed by atoms with van der Waals surface area (Å²) in [7, 11) is 0. The van der Waals surface area contributed by atoms with Gasteiger partial charge in [-0.05, 0) is 6.07 Å². The Balaban J connectivity index is 0.000000148. The standard InChI is InChI=1S/C3H4N2.CHBr3/c1-2-4-5-3-1;2-1(3)4/h1-3H,(H,4,5);1H. The molecule has 0 bridgehead atoms. The van der Waals surface area contributed by atoms with Gasteiger partial charge in [-0.15, -0.1) is 0 Å². The summed E-state index contributed by atoms with van der Waals surface area (Å²) in [5.74, 6) is 0.